The summed E-state index contributed by atoms with van der Waals surface area (Å²) in [5.74, 6) is 0.621. The summed E-state index contributed by atoms with van der Waals surface area (Å²) in [6, 6.07) is 6.52. The third-order valence-corrected chi connectivity index (χ3v) is 3.82. The molecule has 2 aromatic rings. The van der Waals surface area contributed by atoms with Gasteiger partial charge in [0.1, 0.15) is 0 Å². The molecule has 5 nitrogen and oxygen atoms in total. The molecule has 0 aliphatic carbocycles. The number of benzene rings is 1. The van der Waals surface area contributed by atoms with Gasteiger partial charge in [-0.25, -0.2) is 4.68 Å². The molecule has 3 N–H and O–H groups in total. The van der Waals surface area contributed by atoms with Crippen molar-refractivity contribution in [2.75, 3.05) is 17.3 Å². The summed E-state index contributed by atoms with van der Waals surface area (Å²) >= 11 is 7.67. The van der Waals surface area contributed by atoms with E-state index >= 15 is 0 Å². The van der Waals surface area contributed by atoms with Gasteiger partial charge in [0.15, 0.2) is 0 Å². The van der Waals surface area contributed by atoms with Crippen LogP contribution in [0.5, 0.6) is 0 Å². The number of hydrogen-bond donors (Lipinski definition) is 2. The van der Waals surface area contributed by atoms with Gasteiger partial charge in [-0.1, -0.05) is 11.6 Å². The Morgan fingerprint density at radius 2 is 2.38 bits per heavy atom. The molecule has 1 aromatic heterocycles. The first-order valence-electron chi connectivity index (χ1n) is 6.46. The van der Waals surface area contributed by atoms with Gasteiger partial charge >= 0.3 is 0 Å². The van der Waals surface area contributed by atoms with Crippen LogP contribution in [0.3, 0.4) is 0 Å². The topological polar surface area (TPSA) is 72.9 Å². The highest BCUT2D eigenvalue weighted by Crippen LogP contribution is 2.24. The maximum absolute atomic E-state index is 12.1. The normalized spacial score (nSPS) is 12.1. The van der Waals surface area contributed by atoms with Gasteiger partial charge in [-0.05, 0) is 42.7 Å². The summed E-state index contributed by atoms with van der Waals surface area (Å²) in [6.07, 6.45) is 6.08. The highest BCUT2D eigenvalue weighted by atomic mass is 35.5. The summed E-state index contributed by atoms with van der Waals surface area (Å²) in [7, 11) is 0. The molecule has 21 heavy (non-hydrogen) atoms. The number of amides is 1. The summed E-state index contributed by atoms with van der Waals surface area (Å²) in [4.78, 5) is 12.1. The zero-order valence-electron chi connectivity index (χ0n) is 11.6. The molecule has 0 saturated heterocycles. The van der Waals surface area contributed by atoms with E-state index in [0.717, 1.165) is 11.4 Å². The van der Waals surface area contributed by atoms with Gasteiger partial charge < -0.3 is 11.1 Å². The molecule has 112 valence electrons. The van der Waals surface area contributed by atoms with Crippen LogP contribution in [0, 0.1) is 0 Å². The van der Waals surface area contributed by atoms with Gasteiger partial charge in [0.05, 0.1) is 17.4 Å². The van der Waals surface area contributed by atoms with E-state index < -0.39 is 6.04 Å². The summed E-state index contributed by atoms with van der Waals surface area (Å²) < 4.78 is 1.67. The molecule has 1 heterocycles. The van der Waals surface area contributed by atoms with Crippen LogP contribution in [0.1, 0.15) is 6.42 Å². The van der Waals surface area contributed by atoms with Crippen molar-refractivity contribution in [1.82, 2.24) is 9.78 Å². The number of carbonyl (C=O) groups is 1. The van der Waals surface area contributed by atoms with Gasteiger partial charge in [0, 0.05) is 17.4 Å². The lowest BCUT2D eigenvalue weighted by Crippen LogP contribution is -2.36. The van der Waals surface area contributed by atoms with Crippen molar-refractivity contribution < 1.29 is 4.79 Å². The minimum Gasteiger partial charge on any atom is -0.323 e. The fourth-order valence-corrected chi connectivity index (χ4v) is 2.48. The number of hydrogen-bond acceptors (Lipinski definition) is 4. The van der Waals surface area contributed by atoms with Crippen LogP contribution >= 0.6 is 23.4 Å². The van der Waals surface area contributed by atoms with Crippen LogP contribution in [0.4, 0.5) is 5.69 Å². The lowest BCUT2D eigenvalue weighted by molar-refractivity contribution is -0.117. The van der Waals surface area contributed by atoms with Crippen molar-refractivity contribution >= 4 is 35.0 Å². The maximum atomic E-state index is 12.1. The Kier molecular flexibility index (Phi) is 5.67. The Labute approximate surface area is 132 Å². The Morgan fingerprint density at radius 1 is 1.57 bits per heavy atom. The van der Waals surface area contributed by atoms with Gasteiger partial charge in [-0.15, -0.1) is 0 Å². The van der Waals surface area contributed by atoms with Crippen molar-refractivity contribution in [1.29, 1.82) is 0 Å². The molecule has 0 spiro atoms. The summed E-state index contributed by atoms with van der Waals surface area (Å²) in [5.41, 5.74) is 7.22. The minimum absolute atomic E-state index is 0.222. The Morgan fingerprint density at radius 3 is 3.05 bits per heavy atom. The average molecular weight is 325 g/mol. The van der Waals surface area contributed by atoms with Crippen LogP contribution in [0.25, 0.3) is 5.69 Å². The third kappa shape index (κ3) is 4.23. The molecule has 0 unspecified atom stereocenters. The summed E-state index contributed by atoms with van der Waals surface area (Å²) in [6.45, 7) is 0. The lowest BCUT2D eigenvalue weighted by atomic mass is 10.2. The second-order valence-corrected chi connectivity index (χ2v) is 5.91. The summed E-state index contributed by atoms with van der Waals surface area (Å²) in [5, 5.41) is 7.54. The number of carbonyl (C=O) groups excluding carboxylic acids is 1. The van der Waals surface area contributed by atoms with Crippen molar-refractivity contribution in [3.8, 4) is 5.69 Å². The Balaban J connectivity index is 2.19. The lowest BCUT2D eigenvalue weighted by Gasteiger charge is -2.15. The third-order valence-electron chi connectivity index (χ3n) is 2.94. The van der Waals surface area contributed by atoms with Crippen LogP contribution in [-0.2, 0) is 4.79 Å². The molecule has 0 fully saturated rings. The van der Waals surface area contributed by atoms with Gasteiger partial charge in [0.2, 0.25) is 5.91 Å². The zero-order valence-corrected chi connectivity index (χ0v) is 13.2. The largest absolute Gasteiger partial charge is 0.323 e. The van der Waals surface area contributed by atoms with Crippen molar-refractivity contribution in [3.63, 3.8) is 0 Å². The van der Waals surface area contributed by atoms with Crippen LogP contribution < -0.4 is 11.1 Å². The molecule has 7 heteroatoms. The molecule has 0 bridgehead atoms. The monoisotopic (exact) mass is 324 g/mol. The molecule has 1 atom stereocenters. The Hall–Kier alpha value is -1.50. The predicted octanol–water partition coefficient (Wildman–Crippen LogP) is 2.54. The number of aromatic nitrogens is 2. The number of nitrogens with two attached hydrogens (primary N) is 1. The highest BCUT2D eigenvalue weighted by Gasteiger charge is 2.15. The quantitative estimate of drug-likeness (QED) is 0.856. The van der Waals surface area contributed by atoms with Crippen LogP contribution in [0.15, 0.2) is 36.7 Å². The van der Waals surface area contributed by atoms with Gasteiger partial charge in [0.25, 0.3) is 0 Å². The average Bonchev–Trinajstić information content (AvgIpc) is 2.98. The predicted molar refractivity (Wildman–Crippen MR) is 88.2 cm³/mol. The Bertz CT molecular complexity index is 603. The SMILES string of the molecule is CSCC[C@@H](N)C(=O)Nc1cc(Cl)ccc1-n1cccn1. The van der Waals surface area contributed by atoms with Gasteiger partial charge in [-0.3, -0.25) is 4.79 Å². The maximum Gasteiger partial charge on any atom is 0.241 e. The first-order valence-corrected chi connectivity index (χ1v) is 8.24. The van der Waals surface area contributed by atoms with E-state index in [1.54, 1.807) is 47.0 Å². The smallest absolute Gasteiger partial charge is 0.241 e. The first kappa shape index (κ1) is 15.9. The van der Waals surface area contributed by atoms with Crippen LogP contribution in [-0.4, -0.2) is 33.7 Å². The van der Waals surface area contributed by atoms with E-state index in [4.69, 9.17) is 17.3 Å². The van der Waals surface area contributed by atoms with E-state index in [1.165, 1.54) is 0 Å². The zero-order chi connectivity index (χ0) is 15.2. The highest BCUT2D eigenvalue weighted by molar-refractivity contribution is 7.98. The number of nitrogens with one attached hydrogen (secondary N) is 1. The molecule has 1 aromatic carbocycles. The molecule has 0 radical (unpaired) electrons. The van der Waals surface area contributed by atoms with E-state index in [9.17, 15) is 4.79 Å². The van der Waals surface area contributed by atoms with Crippen LogP contribution in [0.2, 0.25) is 5.02 Å². The van der Waals surface area contributed by atoms with Gasteiger partial charge in [-0.2, -0.15) is 16.9 Å². The fourth-order valence-electron chi connectivity index (χ4n) is 1.82. The van der Waals surface area contributed by atoms with Crippen molar-refractivity contribution in [2.24, 2.45) is 5.73 Å². The molecule has 0 saturated carbocycles. The second kappa shape index (κ2) is 7.49. The standard InChI is InChI=1S/C14H17ClN4OS/c1-21-8-5-11(16)14(20)18-12-9-10(15)3-4-13(12)19-7-2-6-17-19/h2-4,6-7,9,11H,5,8,16H2,1H3,(H,18,20)/t11-/m1/s1. The van der Waals surface area contributed by atoms with E-state index in [-0.39, 0.29) is 5.91 Å². The number of rotatable bonds is 6. The molecular formula is C14H17ClN4OS. The number of nitrogens with zero attached hydrogens (tertiary/aromatic N) is 2. The second-order valence-electron chi connectivity index (χ2n) is 4.49. The van der Waals surface area contributed by atoms with E-state index in [2.05, 4.69) is 10.4 Å². The molecule has 2 rings (SSSR count). The molecule has 0 aliphatic heterocycles. The minimum atomic E-state index is -0.540. The van der Waals surface area contributed by atoms with E-state index in [1.807, 2.05) is 12.3 Å². The number of anilines is 1. The fraction of sp³-hybridized carbons (Fsp3) is 0.286. The van der Waals surface area contributed by atoms with Crippen molar-refractivity contribution in [3.05, 3.63) is 41.7 Å². The number of thioether (sulfide) groups is 1. The molecule has 0 aliphatic rings. The number of halogens is 1. The molecule has 1 amide bonds. The van der Waals surface area contributed by atoms with E-state index in [0.29, 0.717) is 17.1 Å². The first-order chi connectivity index (χ1) is 10.1. The van der Waals surface area contributed by atoms with Crippen molar-refractivity contribution in [2.45, 2.75) is 12.5 Å². The molecular weight excluding hydrogens is 308 g/mol.